The molecule has 0 aliphatic heterocycles. The minimum absolute atomic E-state index is 0.0748. The van der Waals surface area contributed by atoms with E-state index in [9.17, 15) is 17.6 Å². The summed E-state index contributed by atoms with van der Waals surface area (Å²) in [4.78, 5) is 12.7. The van der Waals surface area contributed by atoms with Crippen molar-refractivity contribution >= 4 is 33.2 Å². The van der Waals surface area contributed by atoms with Gasteiger partial charge in [0.15, 0.2) is 0 Å². The number of halogens is 2. The molecule has 3 aromatic carbocycles. The molecule has 0 unspecified atom stereocenters. The summed E-state index contributed by atoms with van der Waals surface area (Å²) >= 11 is 5.93. The quantitative estimate of drug-likeness (QED) is 0.576. The Balaban J connectivity index is 1.87. The fourth-order valence-corrected chi connectivity index (χ4v) is 4.38. The van der Waals surface area contributed by atoms with Gasteiger partial charge in [-0.15, -0.1) is 0 Å². The number of rotatable bonds is 7. The predicted octanol–water partition coefficient (Wildman–Crippen LogP) is 4.62. The van der Waals surface area contributed by atoms with Gasteiger partial charge in [0, 0.05) is 17.3 Å². The van der Waals surface area contributed by atoms with Crippen LogP contribution >= 0.6 is 11.6 Å². The Kier molecular flexibility index (Phi) is 6.87. The van der Waals surface area contributed by atoms with Crippen molar-refractivity contribution in [1.29, 1.82) is 0 Å². The van der Waals surface area contributed by atoms with E-state index in [0.29, 0.717) is 16.3 Å². The zero-order valence-corrected chi connectivity index (χ0v) is 17.8. The molecule has 0 bridgehead atoms. The third-order valence-corrected chi connectivity index (χ3v) is 6.40. The van der Waals surface area contributed by atoms with Crippen LogP contribution in [-0.4, -0.2) is 25.2 Å². The van der Waals surface area contributed by atoms with E-state index in [-0.39, 0.29) is 11.4 Å². The average Bonchev–Trinajstić information content (AvgIpc) is 2.69. The zero-order chi connectivity index (χ0) is 21.7. The molecule has 0 saturated heterocycles. The first-order valence-corrected chi connectivity index (χ1v) is 10.9. The van der Waals surface area contributed by atoms with Gasteiger partial charge >= 0.3 is 0 Å². The summed E-state index contributed by atoms with van der Waals surface area (Å²) in [5.74, 6) is -0.944. The Labute approximate surface area is 180 Å². The number of amides is 1. The van der Waals surface area contributed by atoms with Crippen molar-refractivity contribution in [2.24, 2.45) is 0 Å². The predicted molar refractivity (Wildman–Crippen MR) is 115 cm³/mol. The molecule has 5 nitrogen and oxygen atoms in total. The average molecular weight is 447 g/mol. The molecule has 30 heavy (non-hydrogen) atoms. The molecule has 8 heteroatoms. The molecular formula is C22H20ClFN2O3S. The van der Waals surface area contributed by atoms with Gasteiger partial charge in [0.2, 0.25) is 15.9 Å². The molecule has 156 valence electrons. The molecule has 0 aliphatic rings. The van der Waals surface area contributed by atoms with Crippen LogP contribution in [0, 0.1) is 12.7 Å². The summed E-state index contributed by atoms with van der Waals surface area (Å²) < 4.78 is 40.7. The molecule has 0 saturated carbocycles. The van der Waals surface area contributed by atoms with Crippen LogP contribution in [0.15, 0.2) is 77.7 Å². The van der Waals surface area contributed by atoms with Crippen LogP contribution in [0.1, 0.15) is 11.1 Å². The maximum atomic E-state index is 13.2. The van der Waals surface area contributed by atoms with Crippen molar-refractivity contribution in [1.82, 2.24) is 4.31 Å². The highest BCUT2D eigenvalue weighted by molar-refractivity contribution is 7.89. The van der Waals surface area contributed by atoms with Crippen LogP contribution in [0.5, 0.6) is 0 Å². The van der Waals surface area contributed by atoms with Gasteiger partial charge in [0.1, 0.15) is 5.82 Å². The fourth-order valence-electron chi connectivity index (χ4n) is 2.81. The maximum absolute atomic E-state index is 13.2. The van der Waals surface area contributed by atoms with Crippen LogP contribution in [-0.2, 0) is 21.4 Å². The highest BCUT2D eigenvalue weighted by Crippen LogP contribution is 2.20. The smallest absolute Gasteiger partial charge is 0.243 e. The Morgan fingerprint density at radius 3 is 2.33 bits per heavy atom. The summed E-state index contributed by atoms with van der Waals surface area (Å²) in [5.41, 5.74) is 1.93. The molecule has 3 aromatic rings. The second-order valence-electron chi connectivity index (χ2n) is 6.77. The van der Waals surface area contributed by atoms with Crippen LogP contribution in [0.25, 0.3) is 0 Å². The zero-order valence-electron chi connectivity index (χ0n) is 16.2. The van der Waals surface area contributed by atoms with Gasteiger partial charge in [-0.2, -0.15) is 4.31 Å². The molecule has 1 amide bonds. The first-order valence-electron chi connectivity index (χ1n) is 9.11. The van der Waals surface area contributed by atoms with Crippen LogP contribution in [0.2, 0.25) is 5.02 Å². The Morgan fingerprint density at radius 2 is 1.70 bits per heavy atom. The monoisotopic (exact) mass is 446 g/mol. The second kappa shape index (κ2) is 9.38. The summed E-state index contributed by atoms with van der Waals surface area (Å²) in [7, 11) is -3.97. The third-order valence-electron chi connectivity index (χ3n) is 4.36. The molecule has 0 radical (unpaired) electrons. The summed E-state index contributed by atoms with van der Waals surface area (Å²) in [5, 5.41) is 3.10. The van der Waals surface area contributed by atoms with E-state index in [1.807, 2.05) is 6.92 Å². The SMILES string of the molecule is Cc1ccc(S(=O)(=O)N(CC(=O)Nc2cccc(Cl)c2)Cc2ccc(F)cc2)cc1. The van der Waals surface area contributed by atoms with Gasteiger partial charge in [-0.1, -0.05) is 47.5 Å². The van der Waals surface area contributed by atoms with Crippen molar-refractivity contribution in [3.05, 3.63) is 94.8 Å². The van der Waals surface area contributed by atoms with Crippen molar-refractivity contribution < 1.29 is 17.6 Å². The summed E-state index contributed by atoms with van der Waals surface area (Å²) in [6.07, 6.45) is 0. The highest BCUT2D eigenvalue weighted by Gasteiger charge is 2.27. The van der Waals surface area contributed by atoms with E-state index < -0.39 is 28.3 Å². The van der Waals surface area contributed by atoms with E-state index in [2.05, 4.69) is 5.32 Å². The van der Waals surface area contributed by atoms with E-state index in [1.54, 1.807) is 36.4 Å². The molecule has 0 aliphatic carbocycles. The van der Waals surface area contributed by atoms with E-state index in [1.165, 1.54) is 36.4 Å². The minimum Gasteiger partial charge on any atom is -0.325 e. The van der Waals surface area contributed by atoms with Crippen LogP contribution in [0.4, 0.5) is 10.1 Å². The number of nitrogens with one attached hydrogen (secondary N) is 1. The van der Waals surface area contributed by atoms with Gasteiger partial charge in [-0.05, 0) is 55.0 Å². The minimum atomic E-state index is -3.97. The standard InChI is InChI=1S/C22H20ClFN2O3S/c1-16-5-11-21(12-6-16)30(28,29)26(14-17-7-9-19(24)10-8-17)15-22(27)25-20-4-2-3-18(23)13-20/h2-13H,14-15H2,1H3,(H,25,27). The maximum Gasteiger partial charge on any atom is 0.243 e. The number of anilines is 1. The molecule has 0 fully saturated rings. The van der Waals surface area contributed by atoms with Gasteiger partial charge < -0.3 is 5.32 Å². The summed E-state index contributed by atoms with van der Waals surface area (Å²) in [6, 6.07) is 18.4. The van der Waals surface area contributed by atoms with Gasteiger partial charge in [0.05, 0.1) is 11.4 Å². The number of nitrogens with zero attached hydrogens (tertiary/aromatic N) is 1. The van der Waals surface area contributed by atoms with E-state index in [4.69, 9.17) is 11.6 Å². The normalized spacial score (nSPS) is 11.5. The molecule has 0 heterocycles. The first kappa shape index (κ1) is 22.0. The molecule has 0 atom stereocenters. The molecule has 0 aromatic heterocycles. The topological polar surface area (TPSA) is 66.5 Å². The number of carbonyl (C=O) groups is 1. The molecular weight excluding hydrogens is 427 g/mol. The highest BCUT2D eigenvalue weighted by atomic mass is 35.5. The van der Waals surface area contributed by atoms with Gasteiger partial charge in [-0.25, -0.2) is 12.8 Å². The first-order chi connectivity index (χ1) is 14.2. The lowest BCUT2D eigenvalue weighted by molar-refractivity contribution is -0.116. The van der Waals surface area contributed by atoms with Crippen molar-refractivity contribution in [2.75, 3.05) is 11.9 Å². The van der Waals surface area contributed by atoms with Crippen LogP contribution < -0.4 is 5.32 Å². The molecule has 1 N–H and O–H groups in total. The van der Waals surface area contributed by atoms with Crippen LogP contribution in [0.3, 0.4) is 0 Å². The lowest BCUT2D eigenvalue weighted by Crippen LogP contribution is -2.37. The Bertz CT molecular complexity index is 1130. The van der Waals surface area contributed by atoms with Gasteiger partial charge in [-0.3, -0.25) is 4.79 Å². The third kappa shape index (κ3) is 5.66. The number of sulfonamides is 1. The number of hydrogen-bond donors (Lipinski definition) is 1. The number of benzene rings is 3. The number of aryl methyl sites for hydroxylation is 1. The lowest BCUT2D eigenvalue weighted by Gasteiger charge is -2.22. The fraction of sp³-hybridized carbons (Fsp3) is 0.136. The summed E-state index contributed by atoms with van der Waals surface area (Å²) in [6.45, 7) is 1.35. The molecule has 0 spiro atoms. The largest absolute Gasteiger partial charge is 0.325 e. The van der Waals surface area contributed by atoms with E-state index >= 15 is 0 Å². The van der Waals surface area contributed by atoms with Crippen molar-refractivity contribution in [3.63, 3.8) is 0 Å². The van der Waals surface area contributed by atoms with E-state index in [0.717, 1.165) is 9.87 Å². The lowest BCUT2D eigenvalue weighted by atomic mass is 10.2. The second-order valence-corrected chi connectivity index (χ2v) is 9.15. The number of carbonyl (C=O) groups excluding carboxylic acids is 1. The number of hydrogen-bond acceptors (Lipinski definition) is 3. The molecule has 3 rings (SSSR count). The Hall–Kier alpha value is -2.74. The van der Waals surface area contributed by atoms with Gasteiger partial charge in [0.25, 0.3) is 0 Å². The van der Waals surface area contributed by atoms with Crippen molar-refractivity contribution in [2.45, 2.75) is 18.4 Å². The van der Waals surface area contributed by atoms with Crippen molar-refractivity contribution in [3.8, 4) is 0 Å². The Morgan fingerprint density at radius 1 is 1.03 bits per heavy atom.